The van der Waals surface area contributed by atoms with Crippen molar-refractivity contribution in [3.05, 3.63) is 29.3 Å². The minimum absolute atomic E-state index is 0.0134. The van der Waals surface area contributed by atoms with Crippen LogP contribution in [0.5, 0.6) is 5.75 Å². The maximum absolute atomic E-state index is 12.4. The maximum atomic E-state index is 12.4. The van der Waals surface area contributed by atoms with Crippen LogP contribution >= 0.6 is 0 Å². The topological polar surface area (TPSA) is 78.9 Å². The van der Waals surface area contributed by atoms with E-state index in [4.69, 9.17) is 9.84 Å². The molecule has 1 heterocycles. The summed E-state index contributed by atoms with van der Waals surface area (Å²) in [4.78, 5) is 25.0. The average Bonchev–Trinajstić information content (AvgIpc) is 2.57. The third-order valence-corrected chi connectivity index (χ3v) is 4.55. The zero-order valence-corrected chi connectivity index (χ0v) is 15.2. The number of amides is 2. The Hall–Kier alpha value is -2.45. The summed E-state index contributed by atoms with van der Waals surface area (Å²) in [6.45, 7) is 2.75. The lowest BCUT2D eigenvalue weighted by molar-refractivity contribution is -0.153. The van der Waals surface area contributed by atoms with Gasteiger partial charge in [-0.3, -0.25) is 4.79 Å². The molecule has 2 N–H and O–H groups in total. The van der Waals surface area contributed by atoms with E-state index in [0.29, 0.717) is 25.1 Å². The van der Waals surface area contributed by atoms with Gasteiger partial charge in [-0.25, -0.2) is 4.79 Å². The Morgan fingerprint density at radius 1 is 1.37 bits per heavy atom. The lowest BCUT2D eigenvalue weighted by atomic mass is 9.87. The molecule has 150 valence electrons. The van der Waals surface area contributed by atoms with Gasteiger partial charge in [-0.2, -0.15) is 13.2 Å². The van der Waals surface area contributed by atoms with Crippen LogP contribution in [0.1, 0.15) is 24.5 Å². The van der Waals surface area contributed by atoms with E-state index in [1.807, 2.05) is 0 Å². The molecule has 6 nitrogen and oxygen atoms in total. The van der Waals surface area contributed by atoms with Gasteiger partial charge in [0, 0.05) is 25.2 Å². The minimum Gasteiger partial charge on any atom is -0.484 e. The number of carboxylic acid groups (broad SMARTS) is 1. The molecule has 2 atom stereocenters. The van der Waals surface area contributed by atoms with Crippen LogP contribution < -0.4 is 10.1 Å². The molecule has 1 aliphatic rings. The third kappa shape index (κ3) is 6.04. The number of carbonyl (C=O) groups is 2. The van der Waals surface area contributed by atoms with Crippen LogP contribution in [0.15, 0.2) is 18.2 Å². The van der Waals surface area contributed by atoms with Gasteiger partial charge in [-0.15, -0.1) is 0 Å². The molecular formula is C18H23F3N2O4. The van der Waals surface area contributed by atoms with Gasteiger partial charge in [-0.1, -0.05) is 19.1 Å². The van der Waals surface area contributed by atoms with Gasteiger partial charge < -0.3 is 20.1 Å². The van der Waals surface area contributed by atoms with Crippen LogP contribution in [-0.2, 0) is 11.3 Å². The summed E-state index contributed by atoms with van der Waals surface area (Å²) in [6.07, 6.45) is -4.08. The van der Waals surface area contributed by atoms with Crippen molar-refractivity contribution < 1.29 is 32.6 Å². The Labute approximate surface area is 155 Å². The number of nitrogens with one attached hydrogen (secondary N) is 1. The van der Waals surface area contributed by atoms with E-state index in [1.54, 1.807) is 26.0 Å². The SMILES string of the molecule is Cc1ccc(CNC(=O)N2CCC(C(=O)O)C(C)C2)c(OCC(F)(F)F)c1. The minimum atomic E-state index is -4.45. The smallest absolute Gasteiger partial charge is 0.422 e. The summed E-state index contributed by atoms with van der Waals surface area (Å²) in [7, 11) is 0. The van der Waals surface area contributed by atoms with Crippen LogP contribution in [0.4, 0.5) is 18.0 Å². The first kappa shape index (κ1) is 20.9. The number of hydrogen-bond donors (Lipinski definition) is 2. The molecule has 0 bridgehead atoms. The monoisotopic (exact) mass is 388 g/mol. The number of rotatable bonds is 5. The largest absolute Gasteiger partial charge is 0.484 e. The lowest BCUT2D eigenvalue weighted by Crippen LogP contribution is -2.48. The van der Waals surface area contributed by atoms with Crippen LogP contribution in [0.25, 0.3) is 0 Å². The average molecular weight is 388 g/mol. The van der Waals surface area contributed by atoms with Gasteiger partial charge in [0.25, 0.3) is 0 Å². The second kappa shape index (κ2) is 8.49. The number of aryl methyl sites for hydroxylation is 1. The number of alkyl halides is 3. The van der Waals surface area contributed by atoms with Crippen molar-refractivity contribution in [1.82, 2.24) is 10.2 Å². The summed E-state index contributed by atoms with van der Waals surface area (Å²) in [6, 6.07) is 4.45. The predicted octanol–water partition coefficient (Wildman–Crippen LogP) is 3.19. The molecule has 0 radical (unpaired) electrons. The fourth-order valence-corrected chi connectivity index (χ4v) is 3.08. The number of ether oxygens (including phenoxy) is 1. The Morgan fingerprint density at radius 2 is 2.07 bits per heavy atom. The molecule has 1 fully saturated rings. The molecule has 1 aromatic carbocycles. The Kier molecular flexibility index (Phi) is 6.56. The van der Waals surface area contributed by atoms with Crippen molar-refractivity contribution in [2.75, 3.05) is 19.7 Å². The molecule has 2 rings (SSSR count). The number of benzene rings is 1. The third-order valence-electron chi connectivity index (χ3n) is 4.55. The van der Waals surface area contributed by atoms with Gasteiger partial charge in [0.2, 0.25) is 0 Å². The van der Waals surface area contributed by atoms with E-state index < -0.39 is 24.7 Å². The number of urea groups is 1. The second-order valence-electron chi connectivity index (χ2n) is 6.83. The normalized spacial score (nSPS) is 20.3. The van der Waals surface area contributed by atoms with Crippen molar-refractivity contribution in [3.8, 4) is 5.75 Å². The number of nitrogens with zero attached hydrogens (tertiary/aromatic N) is 1. The van der Waals surface area contributed by atoms with Gasteiger partial charge in [0.1, 0.15) is 5.75 Å². The molecule has 2 amide bonds. The van der Waals surface area contributed by atoms with Gasteiger partial charge in [0.05, 0.1) is 5.92 Å². The first-order valence-electron chi connectivity index (χ1n) is 8.61. The second-order valence-corrected chi connectivity index (χ2v) is 6.83. The zero-order valence-electron chi connectivity index (χ0n) is 15.2. The zero-order chi connectivity index (χ0) is 20.2. The first-order chi connectivity index (χ1) is 12.6. The molecule has 0 spiro atoms. The van der Waals surface area contributed by atoms with Crippen LogP contribution in [-0.4, -0.2) is 47.9 Å². The summed E-state index contributed by atoms with van der Waals surface area (Å²) in [5.74, 6) is -1.44. The lowest BCUT2D eigenvalue weighted by Gasteiger charge is -2.34. The molecule has 0 saturated carbocycles. The highest BCUT2D eigenvalue weighted by Gasteiger charge is 2.33. The molecule has 0 aliphatic carbocycles. The highest BCUT2D eigenvalue weighted by Crippen LogP contribution is 2.25. The van der Waals surface area contributed by atoms with Crippen LogP contribution in [0.2, 0.25) is 0 Å². The van der Waals surface area contributed by atoms with E-state index in [2.05, 4.69) is 5.32 Å². The van der Waals surface area contributed by atoms with E-state index in [9.17, 15) is 22.8 Å². The predicted molar refractivity (Wildman–Crippen MR) is 91.4 cm³/mol. The highest BCUT2D eigenvalue weighted by atomic mass is 19.4. The first-order valence-corrected chi connectivity index (χ1v) is 8.61. The summed E-state index contributed by atoms with van der Waals surface area (Å²) in [5.41, 5.74) is 1.18. The van der Waals surface area contributed by atoms with Crippen molar-refractivity contribution in [1.29, 1.82) is 0 Å². The number of halogens is 3. The van der Waals surface area contributed by atoms with Gasteiger partial charge in [-0.05, 0) is 30.9 Å². The van der Waals surface area contributed by atoms with Crippen molar-refractivity contribution in [2.45, 2.75) is 33.0 Å². The van der Waals surface area contributed by atoms with E-state index in [1.165, 1.54) is 11.0 Å². The maximum Gasteiger partial charge on any atom is 0.422 e. The molecule has 0 aromatic heterocycles. The molecule has 1 aliphatic heterocycles. The fraction of sp³-hybridized carbons (Fsp3) is 0.556. The molecule has 1 aromatic rings. The summed E-state index contributed by atoms with van der Waals surface area (Å²) >= 11 is 0. The van der Waals surface area contributed by atoms with Crippen LogP contribution in [0, 0.1) is 18.8 Å². The molecule has 2 unspecified atom stereocenters. The Bertz CT molecular complexity index is 694. The quantitative estimate of drug-likeness (QED) is 0.812. The summed E-state index contributed by atoms with van der Waals surface area (Å²) < 4.78 is 42.1. The van der Waals surface area contributed by atoms with Crippen molar-refractivity contribution >= 4 is 12.0 Å². The number of likely N-dealkylation sites (tertiary alicyclic amines) is 1. The number of carboxylic acids is 1. The van der Waals surface area contributed by atoms with E-state index >= 15 is 0 Å². The van der Waals surface area contributed by atoms with Gasteiger partial charge in [0.15, 0.2) is 6.61 Å². The standard InChI is InChI=1S/C18H23F3N2O4/c1-11-3-4-13(15(7-11)27-10-18(19,20)21)8-22-17(26)23-6-5-14(16(24)25)12(2)9-23/h3-4,7,12,14H,5-6,8-10H2,1-2H3,(H,22,26)(H,24,25). The Morgan fingerprint density at radius 3 is 2.67 bits per heavy atom. The molecule has 1 saturated heterocycles. The highest BCUT2D eigenvalue weighted by molar-refractivity contribution is 5.75. The molecule has 9 heteroatoms. The van der Waals surface area contributed by atoms with E-state index in [0.717, 1.165) is 5.56 Å². The van der Waals surface area contributed by atoms with E-state index in [-0.39, 0.29) is 24.2 Å². The van der Waals surface area contributed by atoms with Crippen LogP contribution in [0.3, 0.4) is 0 Å². The number of aliphatic carboxylic acids is 1. The molecular weight excluding hydrogens is 365 g/mol. The number of hydrogen-bond acceptors (Lipinski definition) is 3. The summed E-state index contributed by atoms with van der Waals surface area (Å²) in [5, 5.41) is 11.8. The number of piperidine rings is 1. The Balaban J connectivity index is 1.96. The fourth-order valence-electron chi connectivity index (χ4n) is 3.08. The molecule has 27 heavy (non-hydrogen) atoms. The van der Waals surface area contributed by atoms with Crippen molar-refractivity contribution in [2.24, 2.45) is 11.8 Å². The number of carbonyl (C=O) groups excluding carboxylic acids is 1. The van der Waals surface area contributed by atoms with Gasteiger partial charge >= 0.3 is 18.2 Å². The van der Waals surface area contributed by atoms with Crippen molar-refractivity contribution in [3.63, 3.8) is 0 Å².